The highest BCUT2D eigenvalue weighted by Gasteiger charge is 2.37. The molecule has 0 saturated carbocycles. The zero-order valence-corrected chi connectivity index (χ0v) is 12.6. The van der Waals surface area contributed by atoms with E-state index in [9.17, 15) is 9.18 Å². The molecule has 1 aliphatic rings. The highest BCUT2D eigenvalue weighted by Crippen LogP contribution is 2.34. The number of halogens is 1. The molecule has 0 spiro atoms. The molecule has 4 heteroatoms. The first kappa shape index (κ1) is 14.6. The Morgan fingerprint density at radius 2 is 1.95 bits per heavy atom. The summed E-state index contributed by atoms with van der Waals surface area (Å²) in [4.78, 5) is 12.2. The van der Waals surface area contributed by atoms with Crippen LogP contribution in [-0.2, 0) is 0 Å². The molecule has 0 amide bonds. The fourth-order valence-electron chi connectivity index (χ4n) is 2.50. The van der Waals surface area contributed by atoms with E-state index in [1.165, 1.54) is 18.2 Å². The number of benzene rings is 2. The fraction of sp³-hybridized carbons (Fsp3) is 0.278. The summed E-state index contributed by atoms with van der Waals surface area (Å²) in [5, 5.41) is 0. The van der Waals surface area contributed by atoms with Gasteiger partial charge >= 0.3 is 0 Å². The third-order valence-corrected chi connectivity index (χ3v) is 3.70. The molecule has 2 aromatic rings. The molecule has 1 atom stereocenters. The minimum absolute atomic E-state index is 0.129. The summed E-state index contributed by atoms with van der Waals surface area (Å²) in [6, 6.07) is 11.7. The number of ether oxygens (including phenoxy) is 2. The topological polar surface area (TPSA) is 35.5 Å². The molecule has 3 rings (SSSR count). The van der Waals surface area contributed by atoms with Crippen LogP contribution >= 0.6 is 0 Å². The minimum atomic E-state index is -0.757. The van der Waals surface area contributed by atoms with Gasteiger partial charge < -0.3 is 9.47 Å². The molecule has 3 nitrogen and oxygen atoms in total. The van der Waals surface area contributed by atoms with Gasteiger partial charge in [-0.2, -0.15) is 0 Å². The molecule has 2 aromatic carbocycles. The van der Waals surface area contributed by atoms with Crippen LogP contribution in [0, 0.1) is 12.7 Å². The van der Waals surface area contributed by atoms with Crippen molar-refractivity contribution in [3.05, 3.63) is 59.4 Å². The molecular weight excluding hydrogens is 283 g/mol. The molecule has 0 fully saturated rings. The predicted molar refractivity (Wildman–Crippen MR) is 81.1 cm³/mol. The monoisotopic (exact) mass is 300 g/mol. The second-order valence-corrected chi connectivity index (χ2v) is 5.89. The molecular formula is C18H17FO3. The van der Waals surface area contributed by atoms with Crippen LogP contribution in [0.4, 0.5) is 4.39 Å². The molecule has 0 N–H and O–H groups in total. The number of ketones is 1. The van der Waals surface area contributed by atoms with Crippen molar-refractivity contribution in [2.24, 2.45) is 0 Å². The fourth-order valence-corrected chi connectivity index (χ4v) is 2.50. The van der Waals surface area contributed by atoms with Crippen LogP contribution in [0.15, 0.2) is 42.5 Å². The van der Waals surface area contributed by atoms with E-state index in [2.05, 4.69) is 0 Å². The first-order valence-electron chi connectivity index (χ1n) is 7.16. The number of fused-ring (bicyclic) bond motifs is 1. The van der Waals surface area contributed by atoms with Crippen LogP contribution < -0.4 is 9.47 Å². The van der Waals surface area contributed by atoms with Crippen molar-refractivity contribution >= 4 is 5.78 Å². The zero-order chi connectivity index (χ0) is 15.7. The van der Waals surface area contributed by atoms with E-state index in [1.807, 2.05) is 38.1 Å². The maximum atomic E-state index is 13.2. The molecule has 0 aliphatic carbocycles. The average Bonchev–Trinajstić information content (AvgIpc) is 2.48. The van der Waals surface area contributed by atoms with Crippen molar-refractivity contribution < 1.29 is 18.7 Å². The molecule has 0 bridgehead atoms. The van der Waals surface area contributed by atoms with Gasteiger partial charge in [0.25, 0.3) is 0 Å². The summed E-state index contributed by atoms with van der Waals surface area (Å²) < 4.78 is 24.8. The van der Waals surface area contributed by atoms with Crippen molar-refractivity contribution in [3.8, 4) is 11.5 Å². The molecule has 0 saturated heterocycles. The van der Waals surface area contributed by atoms with E-state index in [1.54, 1.807) is 0 Å². The number of Topliss-reactive ketones (excluding diaryl/α,β-unsaturated/α-hetero) is 1. The molecule has 22 heavy (non-hydrogen) atoms. The van der Waals surface area contributed by atoms with Crippen LogP contribution in [0.1, 0.15) is 29.3 Å². The van der Waals surface area contributed by atoms with Gasteiger partial charge in [0, 0.05) is 0 Å². The largest absolute Gasteiger partial charge is 0.489 e. The number of hydrogen-bond donors (Lipinski definition) is 0. The molecule has 0 aromatic heterocycles. The molecule has 0 radical (unpaired) electrons. The molecule has 1 heterocycles. The Morgan fingerprint density at radius 1 is 1.23 bits per heavy atom. The van der Waals surface area contributed by atoms with Gasteiger partial charge in [-0.15, -0.1) is 0 Å². The van der Waals surface area contributed by atoms with Crippen molar-refractivity contribution in [2.75, 3.05) is 6.61 Å². The van der Waals surface area contributed by atoms with E-state index in [4.69, 9.17) is 9.47 Å². The second kappa shape index (κ2) is 5.44. The predicted octanol–water partition coefficient (Wildman–Crippen LogP) is 3.94. The Hall–Kier alpha value is -2.36. The third kappa shape index (κ3) is 2.96. The standard InChI is InChI=1S/C18H17FO3/c1-12-3-6-14(7-4-12)21-11-18(2)10-16(20)15-9-13(19)5-8-17(15)22-18/h3-9H,10-11H2,1-2H3. The summed E-state index contributed by atoms with van der Waals surface area (Å²) in [7, 11) is 0. The maximum absolute atomic E-state index is 13.2. The molecule has 1 aliphatic heterocycles. The van der Waals surface area contributed by atoms with Crippen LogP contribution in [0.2, 0.25) is 0 Å². The normalized spacial score (nSPS) is 20.2. The quantitative estimate of drug-likeness (QED) is 0.861. The van der Waals surface area contributed by atoms with Gasteiger partial charge in [0.15, 0.2) is 5.78 Å². The van der Waals surface area contributed by atoms with Crippen molar-refractivity contribution in [3.63, 3.8) is 0 Å². The Labute approximate surface area is 128 Å². The number of rotatable bonds is 3. The summed E-state index contributed by atoms with van der Waals surface area (Å²) >= 11 is 0. The first-order valence-corrected chi connectivity index (χ1v) is 7.16. The Morgan fingerprint density at radius 3 is 2.68 bits per heavy atom. The van der Waals surface area contributed by atoms with Gasteiger partial charge in [0.05, 0.1) is 12.0 Å². The summed E-state index contributed by atoms with van der Waals surface area (Å²) in [6.07, 6.45) is 0.162. The molecule has 1 unspecified atom stereocenters. The lowest BCUT2D eigenvalue weighted by atomic mass is 9.92. The van der Waals surface area contributed by atoms with E-state index in [-0.39, 0.29) is 18.8 Å². The number of carbonyl (C=O) groups excluding carboxylic acids is 1. The van der Waals surface area contributed by atoms with Crippen LogP contribution in [0.5, 0.6) is 11.5 Å². The minimum Gasteiger partial charge on any atom is -0.489 e. The third-order valence-electron chi connectivity index (χ3n) is 3.70. The first-order chi connectivity index (χ1) is 10.5. The number of aryl methyl sites for hydroxylation is 1. The summed E-state index contributed by atoms with van der Waals surface area (Å²) in [5.74, 6) is 0.575. The van der Waals surface area contributed by atoms with E-state index >= 15 is 0 Å². The highest BCUT2D eigenvalue weighted by atomic mass is 19.1. The number of hydrogen-bond acceptors (Lipinski definition) is 3. The lowest BCUT2D eigenvalue weighted by Crippen LogP contribution is -2.44. The van der Waals surface area contributed by atoms with Gasteiger partial charge in [0.1, 0.15) is 29.5 Å². The average molecular weight is 300 g/mol. The Bertz CT molecular complexity index is 709. The van der Waals surface area contributed by atoms with Gasteiger partial charge in [-0.25, -0.2) is 4.39 Å². The summed E-state index contributed by atoms with van der Waals surface area (Å²) in [5.41, 5.74) is 0.693. The van der Waals surface area contributed by atoms with Crippen molar-refractivity contribution in [1.29, 1.82) is 0 Å². The lowest BCUT2D eigenvalue weighted by molar-refractivity contribution is 0.0189. The number of carbonyl (C=O) groups is 1. The van der Waals surface area contributed by atoms with E-state index < -0.39 is 11.4 Å². The summed E-state index contributed by atoms with van der Waals surface area (Å²) in [6.45, 7) is 4.08. The smallest absolute Gasteiger partial charge is 0.170 e. The van der Waals surface area contributed by atoms with Crippen LogP contribution in [0.25, 0.3) is 0 Å². The lowest BCUT2D eigenvalue weighted by Gasteiger charge is -2.34. The second-order valence-electron chi connectivity index (χ2n) is 5.89. The van der Waals surface area contributed by atoms with Gasteiger partial charge in [-0.05, 0) is 44.2 Å². The maximum Gasteiger partial charge on any atom is 0.170 e. The van der Waals surface area contributed by atoms with E-state index in [0.29, 0.717) is 11.3 Å². The van der Waals surface area contributed by atoms with Crippen LogP contribution in [0.3, 0.4) is 0 Å². The van der Waals surface area contributed by atoms with Crippen molar-refractivity contribution in [1.82, 2.24) is 0 Å². The molecule has 114 valence electrons. The Kier molecular flexibility index (Phi) is 3.61. The van der Waals surface area contributed by atoms with Gasteiger partial charge in [-0.1, -0.05) is 17.7 Å². The SMILES string of the molecule is Cc1ccc(OCC2(C)CC(=O)c3cc(F)ccc3O2)cc1. The zero-order valence-electron chi connectivity index (χ0n) is 12.6. The van der Waals surface area contributed by atoms with Crippen LogP contribution in [-0.4, -0.2) is 18.0 Å². The highest BCUT2D eigenvalue weighted by molar-refractivity contribution is 6.00. The Balaban J connectivity index is 1.75. The van der Waals surface area contributed by atoms with E-state index in [0.717, 1.165) is 11.3 Å². The van der Waals surface area contributed by atoms with Crippen molar-refractivity contribution in [2.45, 2.75) is 25.9 Å². The van der Waals surface area contributed by atoms with Gasteiger partial charge in [-0.3, -0.25) is 4.79 Å². The van der Waals surface area contributed by atoms with Gasteiger partial charge in [0.2, 0.25) is 0 Å².